The number of amides is 1. The molecule has 5 nitrogen and oxygen atoms in total. The number of aliphatic hydroxyl groups is 1. The lowest BCUT2D eigenvalue weighted by Crippen LogP contribution is -2.59. The minimum absolute atomic E-state index is 0.0228. The van der Waals surface area contributed by atoms with E-state index in [-0.39, 0.29) is 18.5 Å². The SMILES string of the molecule is CC(C)(C)N(C(=O)O)[C@@H](Cc1cc(F)cc(F)c1)[C@@H](O)CNC1(c2cccc(Br)c2)CCCCC1. The second kappa shape index (κ2) is 11.4. The average molecular weight is 553 g/mol. The molecule has 0 heterocycles. The van der Waals surface area contributed by atoms with E-state index in [9.17, 15) is 23.8 Å². The van der Waals surface area contributed by atoms with Crippen LogP contribution in [0.4, 0.5) is 13.6 Å². The summed E-state index contributed by atoms with van der Waals surface area (Å²) >= 11 is 3.55. The van der Waals surface area contributed by atoms with E-state index in [4.69, 9.17) is 0 Å². The second-order valence-electron chi connectivity index (χ2n) is 10.5. The molecule has 3 rings (SSSR count). The van der Waals surface area contributed by atoms with Crippen molar-refractivity contribution < 1.29 is 23.8 Å². The summed E-state index contributed by atoms with van der Waals surface area (Å²) in [5.74, 6) is -1.47. The van der Waals surface area contributed by atoms with Crippen molar-refractivity contribution in [3.05, 3.63) is 69.7 Å². The molecule has 0 aromatic heterocycles. The molecule has 0 radical (unpaired) electrons. The van der Waals surface area contributed by atoms with Crippen molar-refractivity contribution in [3.8, 4) is 0 Å². The van der Waals surface area contributed by atoms with Crippen LogP contribution in [-0.2, 0) is 12.0 Å². The first-order chi connectivity index (χ1) is 16.4. The number of nitrogens with one attached hydrogen (secondary N) is 1. The number of hydrogen-bond acceptors (Lipinski definition) is 3. The van der Waals surface area contributed by atoms with Crippen molar-refractivity contribution in [2.24, 2.45) is 0 Å². The summed E-state index contributed by atoms with van der Waals surface area (Å²) in [6.45, 7) is 5.36. The van der Waals surface area contributed by atoms with Gasteiger partial charge >= 0.3 is 6.09 Å². The van der Waals surface area contributed by atoms with Crippen molar-refractivity contribution in [1.29, 1.82) is 0 Å². The lowest BCUT2D eigenvalue weighted by atomic mass is 9.76. The topological polar surface area (TPSA) is 72.8 Å². The average Bonchev–Trinajstić information content (AvgIpc) is 2.76. The number of benzene rings is 2. The van der Waals surface area contributed by atoms with Crippen LogP contribution in [0.3, 0.4) is 0 Å². The van der Waals surface area contributed by atoms with Gasteiger partial charge in [-0.1, -0.05) is 47.3 Å². The molecule has 0 bridgehead atoms. The van der Waals surface area contributed by atoms with Crippen molar-refractivity contribution >= 4 is 22.0 Å². The van der Waals surface area contributed by atoms with Crippen LogP contribution in [0.25, 0.3) is 0 Å². The Morgan fingerprint density at radius 1 is 1.11 bits per heavy atom. The van der Waals surface area contributed by atoms with E-state index in [0.717, 1.165) is 48.2 Å². The minimum atomic E-state index is -1.20. The second-order valence-corrected chi connectivity index (χ2v) is 11.4. The summed E-state index contributed by atoms with van der Waals surface area (Å²) in [6.07, 6.45) is 2.71. The van der Waals surface area contributed by atoms with E-state index in [2.05, 4.69) is 33.4 Å². The Labute approximate surface area is 214 Å². The van der Waals surface area contributed by atoms with Crippen molar-refractivity contribution in [1.82, 2.24) is 10.2 Å². The van der Waals surface area contributed by atoms with Crippen LogP contribution < -0.4 is 5.32 Å². The third kappa shape index (κ3) is 7.02. The fraction of sp³-hybridized carbons (Fsp3) is 0.519. The van der Waals surface area contributed by atoms with Gasteiger partial charge in [0.1, 0.15) is 11.6 Å². The van der Waals surface area contributed by atoms with E-state index >= 15 is 0 Å². The van der Waals surface area contributed by atoms with Crippen LogP contribution in [0.1, 0.15) is 64.0 Å². The van der Waals surface area contributed by atoms with Gasteiger partial charge in [-0.15, -0.1) is 0 Å². The summed E-state index contributed by atoms with van der Waals surface area (Å²) in [4.78, 5) is 13.5. The first-order valence-electron chi connectivity index (χ1n) is 12.1. The molecular formula is C27H35BrF2N2O3. The Morgan fingerprint density at radius 3 is 2.29 bits per heavy atom. The highest BCUT2D eigenvalue weighted by molar-refractivity contribution is 9.10. The molecule has 1 fully saturated rings. The molecule has 192 valence electrons. The van der Waals surface area contributed by atoms with Gasteiger partial charge in [-0.2, -0.15) is 0 Å². The molecule has 2 atom stereocenters. The lowest BCUT2D eigenvalue weighted by Gasteiger charge is -2.44. The fourth-order valence-corrected chi connectivity index (χ4v) is 5.64. The quantitative estimate of drug-likeness (QED) is 0.363. The molecule has 0 aliphatic heterocycles. The zero-order chi connectivity index (χ0) is 25.8. The third-order valence-electron chi connectivity index (χ3n) is 6.81. The molecule has 2 aromatic carbocycles. The maximum absolute atomic E-state index is 13.9. The Morgan fingerprint density at radius 2 is 1.74 bits per heavy atom. The molecule has 3 N–H and O–H groups in total. The van der Waals surface area contributed by atoms with E-state index in [0.29, 0.717) is 5.56 Å². The van der Waals surface area contributed by atoms with Crippen LogP contribution in [-0.4, -0.2) is 45.4 Å². The van der Waals surface area contributed by atoms with E-state index in [1.807, 2.05) is 12.1 Å². The minimum Gasteiger partial charge on any atom is -0.465 e. The number of carbonyl (C=O) groups is 1. The van der Waals surface area contributed by atoms with Crippen LogP contribution in [0, 0.1) is 11.6 Å². The fourth-order valence-electron chi connectivity index (χ4n) is 5.24. The number of aliphatic hydroxyl groups excluding tert-OH is 1. The highest BCUT2D eigenvalue weighted by Crippen LogP contribution is 2.38. The van der Waals surface area contributed by atoms with Gasteiger partial charge in [-0.3, -0.25) is 4.90 Å². The van der Waals surface area contributed by atoms with Gasteiger partial charge in [-0.05, 0) is 75.4 Å². The first kappa shape index (κ1) is 27.6. The molecule has 2 aromatic rings. The smallest absolute Gasteiger partial charge is 0.408 e. The lowest BCUT2D eigenvalue weighted by molar-refractivity contribution is 0.00340. The van der Waals surface area contributed by atoms with Crippen LogP contribution in [0.2, 0.25) is 0 Å². The molecule has 1 saturated carbocycles. The van der Waals surface area contributed by atoms with E-state index in [1.54, 1.807) is 20.8 Å². The third-order valence-corrected chi connectivity index (χ3v) is 7.30. The first-order valence-corrected chi connectivity index (χ1v) is 12.9. The molecule has 8 heteroatoms. The summed E-state index contributed by atoms with van der Waals surface area (Å²) in [5, 5.41) is 25.0. The zero-order valence-corrected chi connectivity index (χ0v) is 22.1. The molecular weight excluding hydrogens is 518 g/mol. The van der Waals surface area contributed by atoms with Gasteiger partial charge in [0.15, 0.2) is 0 Å². The molecule has 1 amide bonds. The molecule has 1 aliphatic rings. The highest BCUT2D eigenvalue weighted by atomic mass is 79.9. The predicted molar refractivity (Wildman–Crippen MR) is 136 cm³/mol. The van der Waals surface area contributed by atoms with Crippen molar-refractivity contribution in [2.45, 2.75) is 82.5 Å². The molecule has 0 spiro atoms. The Balaban J connectivity index is 1.91. The number of nitrogens with zero attached hydrogens (tertiary/aromatic N) is 1. The van der Waals surface area contributed by atoms with E-state index in [1.165, 1.54) is 17.0 Å². The normalized spacial score (nSPS) is 17.6. The number of halogens is 3. The van der Waals surface area contributed by atoms with Gasteiger partial charge in [0.05, 0.1) is 12.1 Å². The van der Waals surface area contributed by atoms with Crippen molar-refractivity contribution in [3.63, 3.8) is 0 Å². The summed E-state index contributed by atoms with van der Waals surface area (Å²) in [6, 6.07) is 10.3. The van der Waals surface area contributed by atoms with Crippen molar-refractivity contribution in [2.75, 3.05) is 6.54 Å². The van der Waals surface area contributed by atoms with Crippen LogP contribution in [0.5, 0.6) is 0 Å². The standard InChI is InChI=1S/C27H35BrF2N2O3/c1-26(2,3)32(25(34)35)23(14-18-12-21(29)16-22(30)13-18)24(33)17-31-27(10-5-4-6-11-27)19-8-7-9-20(28)15-19/h7-9,12-13,15-16,23-24,31,33H,4-6,10-11,14,17H2,1-3H3,(H,34,35)/t23-,24-/m0/s1. The molecule has 0 unspecified atom stereocenters. The maximum Gasteiger partial charge on any atom is 0.408 e. The van der Waals surface area contributed by atoms with Gasteiger partial charge in [0.2, 0.25) is 0 Å². The molecule has 35 heavy (non-hydrogen) atoms. The van der Waals surface area contributed by atoms with Gasteiger partial charge in [0.25, 0.3) is 0 Å². The predicted octanol–water partition coefficient (Wildman–Crippen LogP) is 6.23. The Kier molecular flexibility index (Phi) is 8.94. The van der Waals surface area contributed by atoms with Gasteiger partial charge < -0.3 is 15.5 Å². The van der Waals surface area contributed by atoms with E-state index < -0.39 is 35.4 Å². The van der Waals surface area contributed by atoms with Gasteiger partial charge in [0, 0.05) is 28.2 Å². The monoisotopic (exact) mass is 552 g/mol. The highest BCUT2D eigenvalue weighted by Gasteiger charge is 2.39. The largest absolute Gasteiger partial charge is 0.465 e. The number of hydrogen-bond donors (Lipinski definition) is 3. The number of carboxylic acid groups (broad SMARTS) is 1. The zero-order valence-electron chi connectivity index (χ0n) is 20.5. The van der Waals surface area contributed by atoms with Crippen LogP contribution >= 0.6 is 15.9 Å². The number of rotatable bonds is 8. The Hall–Kier alpha value is -2.03. The van der Waals surface area contributed by atoms with Crippen LogP contribution in [0.15, 0.2) is 46.9 Å². The summed E-state index contributed by atoms with van der Waals surface area (Å²) < 4.78 is 28.7. The Bertz CT molecular complexity index is 1000. The van der Waals surface area contributed by atoms with Gasteiger partial charge in [-0.25, -0.2) is 13.6 Å². The molecule has 0 saturated heterocycles. The summed E-state index contributed by atoms with van der Waals surface area (Å²) in [7, 11) is 0. The summed E-state index contributed by atoms with van der Waals surface area (Å²) in [5.41, 5.74) is 0.236. The molecule has 1 aliphatic carbocycles. The maximum atomic E-state index is 13.9.